The van der Waals surface area contributed by atoms with Gasteiger partial charge in [0.25, 0.3) is 5.91 Å². The number of rotatable bonds is 3. The lowest BCUT2D eigenvalue weighted by atomic mass is 10.2. The number of carbonyl (C=O) groups is 1. The maximum atomic E-state index is 11.9. The predicted octanol–water partition coefficient (Wildman–Crippen LogP) is 2.25. The minimum Gasteiger partial charge on any atom is -0.318 e. The molecule has 0 aliphatic rings. The molecule has 0 aliphatic carbocycles. The van der Waals surface area contributed by atoms with Crippen LogP contribution in [0.2, 0.25) is 0 Å². The summed E-state index contributed by atoms with van der Waals surface area (Å²) in [6.07, 6.45) is 0.667. The highest BCUT2D eigenvalue weighted by Crippen LogP contribution is 2.21. The van der Waals surface area contributed by atoms with E-state index in [1.54, 1.807) is 18.2 Å². The van der Waals surface area contributed by atoms with Crippen LogP contribution in [0, 0.1) is 11.3 Å². The molecule has 0 bridgehead atoms. The Morgan fingerprint density at radius 2 is 2.37 bits per heavy atom. The number of amides is 1. The number of aryl methyl sites for hydroxylation is 1. The standard InChI is InChI=1S/C12H10BrN5O/c1-2-10-16-11(18-17-10)12(19)15-9-5-8(13)4-3-7(9)6-14/h3-5H,2H2,1H3,(H,15,19)(H,16,17,18). The lowest BCUT2D eigenvalue weighted by Crippen LogP contribution is -2.14. The van der Waals surface area contributed by atoms with Gasteiger partial charge in [-0.25, -0.2) is 4.98 Å². The second kappa shape index (κ2) is 5.63. The van der Waals surface area contributed by atoms with Crippen LogP contribution in [0.1, 0.15) is 28.9 Å². The van der Waals surface area contributed by atoms with E-state index in [1.807, 2.05) is 13.0 Å². The summed E-state index contributed by atoms with van der Waals surface area (Å²) in [6.45, 7) is 1.91. The molecule has 1 aromatic heterocycles. The number of halogens is 1. The summed E-state index contributed by atoms with van der Waals surface area (Å²) < 4.78 is 0.769. The van der Waals surface area contributed by atoms with Crippen molar-refractivity contribution in [2.24, 2.45) is 0 Å². The predicted molar refractivity (Wildman–Crippen MR) is 72.6 cm³/mol. The Morgan fingerprint density at radius 1 is 1.58 bits per heavy atom. The van der Waals surface area contributed by atoms with Crippen molar-refractivity contribution < 1.29 is 4.79 Å². The van der Waals surface area contributed by atoms with E-state index in [1.165, 1.54) is 0 Å². The van der Waals surface area contributed by atoms with Crippen LogP contribution in [0.4, 0.5) is 5.69 Å². The number of aromatic nitrogens is 3. The molecule has 1 aromatic carbocycles. The molecule has 0 saturated heterocycles. The summed E-state index contributed by atoms with van der Waals surface area (Å²) in [4.78, 5) is 16.0. The highest BCUT2D eigenvalue weighted by molar-refractivity contribution is 9.10. The van der Waals surface area contributed by atoms with Gasteiger partial charge in [0.1, 0.15) is 11.9 Å². The van der Waals surface area contributed by atoms with E-state index in [-0.39, 0.29) is 5.82 Å². The average Bonchev–Trinajstić information content (AvgIpc) is 2.88. The number of hydrogen-bond donors (Lipinski definition) is 2. The lowest BCUT2D eigenvalue weighted by Gasteiger charge is -2.05. The van der Waals surface area contributed by atoms with Crippen molar-refractivity contribution in [3.63, 3.8) is 0 Å². The monoisotopic (exact) mass is 319 g/mol. The highest BCUT2D eigenvalue weighted by Gasteiger charge is 2.14. The molecule has 0 radical (unpaired) electrons. The zero-order chi connectivity index (χ0) is 13.8. The van der Waals surface area contributed by atoms with E-state index < -0.39 is 5.91 Å². The summed E-state index contributed by atoms with van der Waals surface area (Å²) in [5.74, 6) is 0.242. The van der Waals surface area contributed by atoms with Crippen LogP contribution in [0.5, 0.6) is 0 Å². The first-order chi connectivity index (χ1) is 9.13. The Labute approximate surface area is 118 Å². The van der Waals surface area contributed by atoms with Gasteiger partial charge in [-0.1, -0.05) is 22.9 Å². The van der Waals surface area contributed by atoms with Crippen molar-refractivity contribution in [3.05, 3.63) is 39.9 Å². The lowest BCUT2D eigenvalue weighted by molar-refractivity contribution is 0.101. The molecule has 0 spiro atoms. The van der Waals surface area contributed by atoms with Crippen LogP contribution in [0.25, 0.3) is 0 Å². The first-order valence-corrected chi connectivity index (χ1v) is 6.35. The number of H-pyrrole nitrogens is 1. The molecule has 0 atom stereocenters. The fraction of sp³-hybridized carbons (Fsp3) is 0.167. The van der Waals surface area contributed by atoms with Crippen LogP contribution in [-0.2, 0) is 6.42 Å². The summed E-state index contributed by atoms with van der Waals surface area (Å²) in [6, 6.07) is 7.02. The van der Waals surface area contributed by atoms with Gasteiger partial charge in [0, 0.05) is 10.9 Å². The Hall–Kier alpha value is -2.20. The van der Waals surface area contributed by atoms with E-state index in [0.717, 1.165) is 4.47 Å². The van der Waals surface area contributed by atoms with Crippen molar-refractivity contribution in [2.75, 3.05) is 5.32 Å². The second-order valence-corrected chi connectivity index (χ2v) is 4.63. The summed E-state index contributed by atoms with van der Waals surface area (Å²) >= 11 is 3.29. The topological polar surface area (TPSA) is 94.5 Å². The minimum atomic E-state index is -0.453. The smallest absolute Gasteiger partial charge is 0.295 e. The Kier molecular flexibility index (Phi) is 3.92. The number of nitrogens with one attached hydrogen (secondary N) is 2. The molecular weight excluding hydrogens is 310 g/mol. The first kappa shape index (κ1) is 13.2. The summed E-state index contributed by atoms with van der Waals surface area (Å²) in [5, 5.41) is 18.1. The normalized spacial score (nSPS) is 9.95. The third-order valence-electron chi connectivity index (χ3n) is 2.42. The van der Waals surface area contributed by atoms with E-state index in [0.29, 0.717) is 23.5 Å². The number of nitrogens with zero attached hydrogens (tertiary/aromatic N) is 3. The van der Waals surface area contributed by atoms with Crippen LogP contribution < -0.4 is 5.32 Å². The number of carbonyl (C=O) groups excluding carboxylic acids is 1. The number of aromatic amines is 1. The van der Waals surface area contributed by atoms with Gasteiger partial charge < -0.3 is 5.32 Å². The van der Waals surface area contributed by atoms with Gasteiger partial charge in [0.2, 0.25) is 5.82 Å². The van der Waals surface area contributed by atoms with Gasteiger partial charge in [0.05, 0.1) is 11.3 Å². The number of hydrogen-bond acceptors (Lipinski definition) is 4. The molecule has 19 heavy (non-hydrogen) atoms. The van der Waals surface area contributed by atoms with Gasteiger partial charge in [0.15, 0.2) is 0 Å². The summed E-state index contributed by atoms with van der Waals surface area (Å²) in [7, 11) is 0. The van der Waals surface area contributed by atoms with Crippen LogP contribution in [-0.4, -0.2) is 21.1 Å². The second-order valence-electron chi connectivity index (χ2n) is 3.72. The maximum Gasteiger partial charge on any atom is 0.295 e. The van der Waals surface area contributed by atoms with E-state index in [4.69, 9.17) is 5.26 Å². The van der Waals surface area contributed by atoms with Crippen molar-refractivity contribution in [1.29, 1.82) is 5.26 Å². The summed E-state index contributed by atoms with van der Waals surface area (Å²) in [5.41, 5.74) is 0.799. The maximum absolute atomic E-state index is 11.9. The van der Waals surface area contributed by atoms with Gasteiger partial charge >= 0.3 is 0 Å². The first-order valence-electron chi connectivity index (χ1n) is 5.56. The third-order valence-corrected chi connectivity index (χ3v) is 2.91. The molecule has 2 rings (SSSR count). The third kappa shape index (κ3) is 2.98. The Morgan fingerprint density at radius 3 is 3.00 bits per heavy atom. The molecule has 0 aliphatic heterocycles. The SMILES string of the molecule is CCc1nc(C(=O)Nc2cc(Br)ccc2C#N)n[nH]1. The minimum absolute atomic E-state index is 0.0562. The zero-order valence-corrected chi connectivity index (χ0v) is 11.7. The van der Waals surface area contributed by atoms with Crippen LogP contribution in [0.3, 0.4) is 0 Å². The fourth-order valence-electron chi connectivity index (χ4n) is 1.45. The molecular formula is C12H10BrN5O. The van der Waals surface area contributed by atoms with Gasteiger partial charge in [-0.3, -0.25) is 9.89 Å². The van der Waals surface area contributed by atoms with Gasteiger partial charge in [-0.2, -0.15) is 5.26 Å². The number of nitriles is 1. The molecule has 0 unspecified atom stereocenters. The number of anilines is 1. The van der Waals surface area contributed by atoms with Crippen LogP contribution in [0.15, 0.2) is 22.7 Å². The largest absolute Gasteiger partial charge is 0.318 e. The van der Waals surface area contributed by atoms with Crippen molar-refractivity contribution in [3.8, 4) is 6.07 Å². The van der Waals surface area contributed by atoms with Gasteiger partial charge in [-0.15, -0.1) is 5.10 Å². The highest BCUT2D eigenvalue weighted by atomic mass is 79.9. The Bertz CT molecular complexity index is 658. The quantitative estimate of drug-likeness (QED) is 0.907. The number of benzene rings is 1. The van der Waals surface area contributed by atoms with Crippen LogP contribution >= 0.6 is 15.9 Å². The van der Waals surface area contributed by atoms with Crippen molar-refractivity contribution >= 4 is 27.5 Å². The fourth-order valence-corrected chi connectivity index (χ4v) is 1.81. The van der Waals surface area contributed by atoms with Gasteiger partial charge in [-0.05, 0) is 18.2 Å². The molecule has 0 fully saturated rings. The van der Waals surface area contributed by atoms with E-state index >= 15 is 0 Å². The molecule has 6 nitrogen and oxygen atoms in total. The van der Waals surface area contributed by atoms with Crippen molar-refractivity contribution in [2.45, 2.75) is 13.3 Å². The zero-order valence-electron chi connectivity index (χ0n) is 10.1. The van der Waals surface area contributed by atoms with Crippen molar-refractivity contribution in [1.82, 2.24) is 15.2 Å². The van der Waals surface area contributed by atoms with E-state index in [2.05, 4.69) is 36.4 Å². The molecule has 1 amide bonds. The molecule has 0 saturated carbocycles. The Balaban J connectivity index is 2.23. The molecule has 7 heteroatoms. The molecule has 2 N–H and O–H groups in total. The average molecular weight is 320 g/mol. The molecule has 2 aromatic rings. The molecule has 1 heterocycles. The van der Waals surface area contributed by atoms with E-state index in [9.17, 15) is 4.79 Å². The molecule has 96 valence electrons.